The van der Waals surface area contributed by atoms with Gasteiger partial charge in [-0.1, -0.05) is 44.9 Å². The number of para-hydroxylation sites is 1. The number of nitrogens with one attached hydrogen (secondary N) is 1. The maximum Gasteiger partial charge on any atom is 0.459 e. The zero-order chi connectivity index (χ0) is 30.5. The normalized spacial score (nSPS) is 24.3. The van der Waals surface area contributed by atoms with Gasteiger partial charge in [-0.2, -0.15) is 15.4 Å². The molecule has 0 radical (unpaired) electrons. The number of nitrogens with two attached hydrogens (primary N) is 1. The molecule has 6 atom stereocenters. The second-order valence-corrected chi connectivity index (χ2v) is 11.7. The number of nitriles is 1. The first-order valence-electron chi connectivity index (χ1n) is 13.5. The number of aliphatic hydroxyl groups is 2. The predicted octanol–water partition coefficient (Wildman–Crippen LogP) is 2.31. The number of rotatable bonds is 13. The minimum atomic E-state index is -4.32. The average molecular weight is 603 g/mol. The number of fused-ring (bicyclic) bond motifs is 1. The highest BCUT2D eigenvalue weighted by Crippen LogP contribution is 2.47. The minimum absolute atomic E-state index is 0.0961. The molecule has 1 aliphatic rings. The van der Waals surface area contributed by atoms with Crippen molar-refractivity contribution in [2.24, 2.45) is 5.92 Å². The van der Waals surface area contributed by atoms with Crippen LogP contribution in [0.5, 0.6) is 5.75 Å². The SMILES string of the molecule is CCC(CC)COC(=O)[C@H](C)NP(=O)(OC[C@@H]1O[C@](C#N)(c2ccc3c(N)ncnn23)[C@@H](O)[C@H]1O)Oc1ccccc1. The highest BCUT2D eigenvalue weighted by Gasteiger charge is 2.58. The van der Waals surface area contributed by atoms with Gasteiger partial charge >= 0.3 is 13.7 Å². The van der Waals surface area contributed by atoms with Crippen molar-refractivity contribution < 1.29 is 38.1 Å². The second-order valence-electron chi connectivity index (χ2n) is 9.96. The molecule has 5 N–H and O–H groups in total. The number of carbonyl (C=O) groups excluding carboxylic acids is 1. The van der Waals surface area contributed by atoms with Crippen molar-refractivity contribution in [1.82, 2.24) is 19.7 Å². The van der Waals surface area contributed by atoms with Crippen LogP contribution in [0.1, 0.15) is 39.3 Å². The molecule has 0 bridgehead atoms. The molecule has 1 unspecified atom stereocenters. The molecule has 14 nitrogen and oxygen atoms in total. The molecule has 1 aromatic carbocycles. The van der Waals surface area contributed by atoms with Crippen LogP contribution in [-0.2, 0) is 29.0 Å². The lowest BCUT2D eigenvalue weighted by molar-refractivity contribution is -0.146. The third-order valence-corrected chi connectivity index (χ3v) is 8.83. The molecule has 0 aliphatic carbocycles. The number of hydrogen-bond donors (Lipinski definition) is 4. The Balaban J connectivity index is 1.53. The highest BCUT2D eigenvalue weighted by atomic mass is 31.2. The van der Waals surface area contributed by atoms with Gasteiger partial charge in [0.15, 0.2) is 5.82 Å². The fourth-order valence-corrected chi connectivity index (χ4v) is 6.07. The number of benzene rings is 1. The van der Waals surface area contributed by atoms with Gasteiger partial charge in [0.1, 0.15) is 48.0 Å². The second kappa shape index (κ2) is 13.2. The number of hydrogen-bond acceptors (Lipinski definition) is 12. The molecular formula is C27H35N6O8P. The number of esters is 1. The topological polar surface area (TPSA) is 204 Å². The van der Waals surface area contributed by atoms with Crippen LogP contribution >= 0.6 is 7.75 Å². The smallest absolute Gasteiger partial charge is 0.459 e. The van der Waals surface area contributed by atoms with E-state index in [9.17, 15) is 24.8 Å². The summed E-state index contributed by atoms with van der Waals surface area (Å²) in [4.78, 5) is 16.6. The largest absolute Gasteiger partial charge is 0.464 e. The van der Waals surface area contributed by atoms with Gasteiger partial charge in [-0.15, -0.1) is 0 Å². The summed E-state index contributed by atoms with van der Waals surface area (Å²) in [6, 6.07) is 12.0. The maximum absolute atomic E-state index is 13.9. The van der Waals surface area contributed by atoms with E-state index in [1.807, 2.05) is 19.9 Å². The summed E-state index contributed by atoms with van der Waals surface area (Å²) >= 11 is 0. The molecule has 4 rings (SSSR count). The summed E-state index contributed by atoms with van der Waals surface area (Å²) < 4.78 is 37.8. The van der Waals surface area contributed by atoms with Crippen molar-refractivity contribution in [2.75, 3.05) is 18.9 Å². The van der Waals surface area contributed by atoms with E-state index in [4.69, 9.17) is 24.3 Å². The Kier molecular flexibility index (Phi) is 9.83. The van der Waals surface area contributed by atoms with E-state index in [0.29, 0.717) is 5.52 Å². The van der Waals surface area contributed by atoms with Crippen molar-refractivity contribution in [3.63, 3.8) is 0 Å². The van der Waals surface area contributed by atoms with E-state index < -0.39 is 50.3 Å². The molecule has 1 saturated heterocycles. The Morgan fingerprint density at radius 1 is 1.26 bits per heavy atom. The lowest BCUT2D eigenvalue weighted by Crippen LogP contribution is -2.41. The van der Waals surface area contributed by atoms with Crippen molar-refractivity contribution in [2.45, 2.75) is 63.6 Å². The number of ether oxygens (including phenoxy) is 2. The number of aliphatic hydroxyl groups excluding tert-OH is 2. The number of nitrogen functional groups attached to an aromatic ring is 1. The van der Waals surface area contributed by atoms with Gasteiger partial charge in [0, 0.05) is 0 Å². The Hall–Kier alpha value is -3.57. The van der Waals surface area contributed by atoms with Gasteiger partial charge in [0.05, 0.1) is 18.9 Å². The molecule has 2 aromatic heterocycles. The highest BCUT2D eigenvalue weighted by molar-refractivity contribution is 7.52. The van der Waals surface area contributed by atoms with Crippen LogP contribution in [0.25, 0.3) is 5.52 Å². The van der Waals surface area contributed by atoms with E-state index in [0.717, 1.165) is 12.8 Å². The van der Waals surface area contributed by atoms with Crippen LogP contribution in [0.2, 0.25) is 0 Å². The van der Waals surface area contributed by atoms with Crippen molar-refractivity contribution in [1.29, 1.82) is 5.26 Å². The Labute approximate surface area is 242 Å². The van der Waals surface area contributed by atoms with Crippen molar-refractivity contribution in [3.05, 3.63) is 54.5 Å². The Morgan fingerprint density at radius 2 is 1.98 bits per heavy atom. The van der Waals surface area contributed by atoms with Gasteiger partial charge in [-0.05, 0) is 37.1 Å². The maximum atomic E-state index is 13.9. The molecule has 1 aliphatic heterocycles. The molecule has 226 valence electrons. The number of carbonyl (C=O) groups is 1. The summed E-state index contributed by atoms with van der Waals surface area (Å²) in [6.07, 6.45) is -1.87. The van der Waals surface area contributed by atoms with Crippen LogP contribution in [0.15, 0.2) is 48.8 Å². The van der Waals surface area contributed by atoms with Crippen LogP contribution in [0, 0.1) is 17.2 Å². The lowest BCUT2D eigenvalue weighted by Gasteiger charge is -2.25. The van der Waals surface area contributed by atoms with Crippen LogP contribution < -0.4 is 15.3 Å². The zero-order valence-electron chi connectivity index (χ0n) is 23.5. The van der Waals surface area contributed by atoms with E-state index in [1.54, 1.807) is 36.4 Å². The summed E-state index contributed by atoms with van der Waals surface area (Å²) in [5, 5.41) is 38.7. The van der Waals surface area contributed by atoms with Crippen LogP contribution in [-0.4, -0.2) is 68.3 Å². The third kappa shape index (κ3) is 6.42. The Bertz CT molecular complexity index is 1460. The summed E-state index contributed by atoms with van der Waals surface area (Å²) in [7, 11) is -4.32. The summed E-state index contributed by atoms with van der Waals surface area (Å²) in [5.41, 5.74) is 4.28. The fourth-order valence-electron chi connectivity index (χ4n) is 4.57. The van der Waals surface area contributed by atoms with E-state index in [-0.39, 0.29) is 29.8 Å². The molecule has 3 aromatic rings. The Morgan fingerprint density at radius 3 is 2.64 bits per heavy atom. The number of anilines is 1. The first kappa shape index (κ1) is 31.4. The van der Waals surface area contributed by atoms with Crippen molar-refractivity contribution >= 4 is 25.1 Å². The molecule has 1 fully saturated rings. The molecule has 15 heteroatoms. The molecule has 3 heterocycles. The number of aromatic nitrogens is 3. The van der Waals surface area contributed by atoms with Gasteiger partial charge in [0.2, 0.25) is 5.60 Å². The predicted molar refractivity (Wildman–Crippen MR) is 150 cm³/mol. The van der Waals surface area contributed by atoms with Crippen LogP contribution in [0.4, 0.5) is 5.82 Å². The van der Waals surface area contributed by atoms with Gasteiger partial charge in [-0.3, -0.25) is 9.32 Å². The summed E-state index contributed by atoms with van der Waals surface area (Å²) in [5.74, 6) is -0.143. The van der Waals surface area contributed by atoms with E-state index in [1.165, 1.54) is 23.8 Å². The standard InChI is InChI=1S/C27H35N6O8P/c1-4-18(5-2)13-38-26(36)17(3)32-42(37,41-19-9-7-6-8-10-19)39-14-21-23(34)24(35)27(15-28,40-21)22-12-11-20-25(29)30-16-31-33(20)22/h6-12,16-18,21,23-24,34-35H,4-5,13-14H2,1-3H3,(H,32,37)(H2,29,30,31)/t17-,21-,23-,24-,27+,42?/m0/s1. The quantitative estimate of drug-likeness (QED) is 0.164. The monoisotopic (exact) mass is 602 g/mol. The summed E-state index contributed by atoms with van der Waals surface area (Å²) in [6.45, 7) is 5.08. The fraction of sp³-hybridized carbons (Fsp3) is 0.481. The van der Waals surface area contributed by atoms with Crippen LogP contribution in [0.3, 0.4) is 0 Å². The molecule has 0 saturated carbocycles. The first-order chi connectivity index (χ1) is 20.1. The van der Waals surface area contributed by atoms with Gasteiger partial charge < -0.3 is 29.9 Å². The third-order valence-electron chi connectivity index (χ3n) is 7.19. The average Bonchev–Trinajstić information content (AvgIpc) is 3.53. The van der Waals surface area contributed by atoms with E-state index >= 15 is 0 Å². The van der Waals surface area contributed by atoms with Gasteiger partial charge in [0.25, 0.3) is 0 Å². The number of nitrogens with zero attached hydrogens (tertiary/aromatic N) is 4. The minimum Gasteiger partial charge on any atom is -0.464 e. The van der Waals surface area contributed by atoms with Gasteiger partial charge in [-0.25, -0.2) is 14.1 Å². The molecular weight excluding hydrogens is 567 g/mol. The zero-order valence-corrected chi connectivity index (χ0v) is 24.4. The molecule has 0 amide bonds. The molecule has 0 spiro atoms. The molecule has 42 heavy (non-hydrogen) atoms. The lowest BCUT2D eigenvalue weighted by atomic mass is 9.92. The van der Waals surface area contributed by atoms with Crippen molar-refractivity contribution in [3.8, 4) is 11.8 Å². The first-order valence-corrected chi connectivity index (χ1v) is 15.1. The van der Waals surface area contributed by atoms with E-state index in [2.05, 4.69) is 15.2 Å².